The first-order valence-corrected chi connectivity index (χ1v) is 9.60. The van der Waals surface area contributed by atoms with E-state index in [1.165, 1.54) is 44.5 Å². The zero-order valence-electron chi connectivity index (χ0n) is 16.5. The third-order valence-corrected chi connectivity index (χ3v) is 5.08. The number of benzene rings is 1. The second-order valence-corrected chi connectivity index (χ2v) is 7.08. The molecule has 6 nitrogen and oxygen atoms in total. The number of nitrogen functional groups attached to an aromatic ring is 1. The SMILES string of the molecule is COC1CCCCC1.Nc1nnc(-c2ccc(C(F)(F)F)cc2O)c2ccncc12. The van der Waals surface area contributed by atoms with Crippen LogP contribution in [0.25, 0.3) is 22.0 Å². The maximum absolute atomic E-state index is 12.6. The van der Waals surface area contributed by atoms with E-state index < -0.39 is 17.5 Å². The van der Waals surface area contributed by atoms with Gasteiger partial charge in [0.2, 0.25) is 0 Å². The molecule has 0 unspecified atom stereocenters. The van der Waals surface area contributed by atoms with E-state index in [9.17, 15) is 18.3 Å². The zero-order valence-corrected chi connectivity index (χ0v) is 16.5. The van der Waals surface area contributed by atoms with Crippen molar-refractivity contribution in [2.75, 3.05) is 12.8 Å². The van der Waals surface area contributed by atoms with E-state index in [0.717, 1.165) is 12.1 Å². The smallest absolute Gasteiger partial charge is 0.416 e. The molecule has 2 heterocycles. The van der Waals surface area contributed by atoms with Gasteiger partial charge in [-0.05, 0) is 37.1 Å². The van der Waals surface area contributed by atoms with Crippen molar-refractivity contribution in [1.29, 1.82) is 0 Å². The molecule has 0 amide bonds. The molecule has 0 saturated heterocycles. The van der Waals surface area contributed by atoms with Crippen LogP contribution in [-0.4, -0.2) is 33.5 Å². The van der Waals surface area contributed by atoms with Gasteiger partial charge in [-0.2, -0.15) is 13.2 Å². The van der Waals surface area contributed by atoms with Crippen molar-refractivity contribution in [2.24, 2.45) is 0 Å². The molecule has 0 spiro atoms. The van der Waals surface area contributed by atoms with Crippen LogP contribution >= 0.6 is 0 Å². The summed E-state index contributed by atoms with van der Waals surface area (Å²) in [5, 5.41) is 18.6. The van der Waals surface area contributed by atoms with Crippen LogP contribution < -0.4 is 5.73 Å². The molecule has 0 aliphatic heterocycles. The van der Waals surface area contributed by atoms with Crippen LogP contribution in [0.5, 0.6) is 5.75 Å². The van der Waals surface area contributed by atoms with Crippen LogP contribution in [-0.2, 0) is 10.9 Å². The summed E-state index contributed by atoms with van der Waals surface area (Å²) in [5.41, 5.74) is 5.13. The number of hydrogen-bond acceptors (Lipinski definition) is 6. The highest BCUT2D eigenvalue weighted by Crippen LogP contribution is 2.38. The summed E-state index contributed by atoms with van der Waals surface area (Å²) in [4.78, 5) is 3.92. The van der Waals surface area contributed by atoms with Crippen molar-refractivity contribution in [3.05, 3.63) is 42.2 Å². The van der Waals surface area contributed by atoms with Gasteiger partial charge in [-0.15, -0.1) is 10.2 Å². The van der Waals surface area contributed by atoms with Crippen LogP contribution in [0.1, 0.15) is 37.7 Å². The number of pyridine rings is 1. The number of methoxy groups -OCH3 is 1. The fourth-order valence-electron chi connectivity index (χ4n) is 3.42. The number of ether oxygens (including phenoxy) is 1. The summed E-state index contributed by atoms with van der Waals surface area (Å²) in [6.07, 6.45) is 5.76. The van der Waals surface area contributed by atoms with Gasteiger partial charge >= 0.3 is 6.18 Å². The standard InChI is InChI=1S/C14H9F3N4O.C7H14O/c15-14(16,17)7-1-2-9(11(22)5-7)12-8-3-4-19-6-10(8)13(18)21-20-12;1-8-7-5-3-2-4-6-7/h1-6,22H,(H2,18,21);7H,2-6H2,1H3. The lowest BCUT2D eigenvalue weighted by Crippen LogP contribution is -2.13. The Balaban J connectivity index is 0.000000269. The molecule has 1 aromatic carbocycles. The van der Waals surface area contributed by atoms with E-state index in [2.05, 4.69) is 15.2 Å². The van der Waals surface area contributed by atoms with Gasteiger partial charge in [-0.1, -0.05) is 19.3 Å². The highest BCUT2D eigenvalue weighted by Gasteiger charge is 2.31. The van der Waals surface area contributed by atoms with Crippen molar-refractivity contribution < 1.29 is 23.0 Å². The number of phenolic OH excluding ortho intramolecular Hbond substituents is 1. The van der Waals surface area contributed by atoms with Crippen LogP contribution in [0.4, 0.5) is 19.0 Å². The molecular formula is C21H23F3N4O2. The largest absolute Gasteiger partial charge is 0.507 e. The van der Waals surface area contributed by atoms with E-state index in [0.29, 0.717) is 22.9 Å². The highest BCUT2D eigenvalue weighted by molar-refractivity contribution is 5.99. The molecule has 0 bridgehead atoms. The average molecular weight is 420 g/mol. The fraction of sp³-hybridized carbons (Fsp3) is 0.381. The number of halogens is 3. The second kappa shape index (κ2) is 9.25. The highest BCUT2D eigenvalue weighted by atomic mass is 19.4. The Bertz CT molecular complexity index is 1010. The Hall–Kier alpha value is -2.94. The number of anilines is 1. The molecule has 0 atom stereocenters. The molecule has 0 radical (unpaired) electrons. The number of rotatable bonds is 2. The molecule has 3 N–H and O–H groups in total. The lowest BCUT2D eigenvalue weighted by molar-refractivity contribution is -0.137. The Morgan fingerprint density at radius 3 is 2.40 bits per heavy atom. The third kappa shape index (κ3) is 4.96. The number of hydrogen-bond donors (Lipinski definition) is 2. The fourth-order valence-corrected chi connectivity index (χ4v) is 3.42. The number of aromatic nitrogens is 3. The van der Waals surface area contributed by atoms with Crippen LogP contribution in [0.3, 0.4) is 0 Å². The minimum Gasteiger partial charge on any atom is -0.507 e. The van der Waals surface area contributed by atoms with Gasteiger partial charge in [0.1, 0.15) is 11.4 Å². The Labute approximate surface area is 171 Å². The molecule has 3 aromatic rings. The van der Waals surface area contributed by atoms with Gasteiger partial charge in [0.15, 0.2) is 5.82 Å². The van der Waals surface area contributed by atoms with Gasteiger partial charge in [-0.3, -0.25) is 4.98 Å². The predicted octanol–water partition coefficient (Wildman–Crippen LogP) is 4.96. The molecule has 30 heavy (non-hydrogen) atoms. The number of nitrogens with two attached hydrogens (primary N) is 1. The number of phenols is 1. The predicted molar refractivity (Wildman–Crippen MR) is 108 cm³/mol. The van der Waals surface area contributed by atoms with Crippen molar-refractivity contribution in [2.45, 2.75) is 44.4 Å². The summed E-state index contributed by atoms with van der Waals surface area (Å²) in [6, 6.07) is 4.28. The number of aromatic hydroxyl groups is 1. The molecule has 4 rings (SSSR count). The summed E-state index contributed by atoms with van der Waals surface area (Å²) in [7, 11) is 1.82. The Morgan fingerprint density at radius 2 is 1.80 bits per heavy atom. The summed E-state index contributed by atoms with van der Waals surface area (Å²) >= 11 is 0. The Morgan fingerprint density at radius 1 is 1.07 bits per heavy atom. The van der Waals surface area contributed by atoms with Gasteiger partial charge in [0, 0.05) is 35.8 Å². The minimum absolute atomic E-state index is 0.136. The van der Waals surface area contributed by atoms with E-state index in [1.807, 2.05) is 7.11 Å². The molecule has 2 aromatic heterocycles. The summed E-state index contributed by atoms with van der Waals surface area (Å²) < 4.78 is 43.1. The molecule has 160 valence electrons. The first kappa shape index (κ1) is 21.8. The van der Waals surface area contributed by atoms with Crippen molar-refractivity contribution >= 4 is 16.6 Å². The Kier molecular flexibility index (Phi) is 6.71. The molecule has 1 saturated carbocycles. The molecule has 9 heteroatoms. The third-order valence-electron chi connectivity index (χ3n) is 5.08. The summed E-state index contributed by atoms with van der Waals surface area (Å²) in [5.74, 6) is -0.384. The van der Waals surface area contributed by atoms with Gasteiger partial charge in [0.25, 0.3) is 0 Å². The maximum atomic E-state index is 12.6. The molecule has 1 fully saturated rings. The molecular weight excluding hydrogens is 397 g/mol. The number of fused-ring (bicyclic) bond motifs is 1. The topological polar surface area (TPSA) is 94.2 Å². The number of alkyl halides is 3. The van der Waals surface area contributed by atoms with Crippen molar-refractivity contribution in [3.63, 3.8) is 0 Å². The molecule has 1 aliphatic rings. The van der Waals surface area contributed by atoms with Crippen LogP contribution in [0.15, 0.2) is 36.7 Å². The lowest BCUT2D eigenvalue weighted by atomic mass is 9.98. The van der Waals surface area contributed by atoms with Crippen LogP contribution in [0, 0.1) is 0 Å². The van der Waals surface area contributed by atoms with E-state index in [4.69, 9.17) is 10.5 Å². The normalized spacial score (nSPS) is 14.9. The molecule has 1 aliphatic carbocycles. The van der Waals surface area contributed by atoms with E-state index >= 15 is 0 Å². The number of nitrogens with zero attached hydrogens (tertiary/aromatic N) is 3. The quantitative estimate of drug-likeness (QED) is 0.608. The van der Waals surface area contributed by atoms with E-state index in [1.54, 1.807) is 6.07 Å². The van der Waals surface area contributed by atoms with Gasteiger partial charge < -0.3 is 15.6 Å². The van der Waals surface area contributed by atoms with Crippen molar-refractivity contribution in [1.82, 2.24) is 15.2 Å². The van der Waals surface area contributed by atoms with Gasteiger partial charge in [0.05, 0.1) is 11.7 Å². The zero-order chi connectivity index (χ0) is 21.7. The van der Waals surface area contributed by atoms with Crippen LogP contribution in [0.2, 0.25) is 0 Å². The van der Waals surface area contributed by atoms with E-state index in [-0.39, 0.29) is 17.1 Å². The summed E-state index contributed by atoms with van der Waals surface area (Å²) in [6.45, 7) is 0. The minimum atomic E-state index is -4.53. The maximum Gasteiger partial charge on any atom is 0.416 e. The first-order valence-electron chi connectivity index (χ1n) is 9.60. The lowest BCUT2D eigenvalue weighted by Gasteiger charge is -2.19. The monoisotopic (exact) mass is 420 g/mol. The second-order valence-electron chi connectivity index (χ2n) is 7.08. The average Bonchev–Trinajstić information content (AvgIpc) is 2.75. The van der Waals surface area contributed by atoms with Crippen molar-refractivity contribution in [3.8, 4) is 17.0 Å². The first-order chi connectivity index (χ1) is 14.3. The van der Waals surface area contributed by atoms with Gasteiger partial charge in [-0.25, -0.2) is 0 Å².